The predicted octanol–water partition coefficient (Wildman–Crippen LogP) is 5.09. The van der Waals surface area contributed by atoms with Crippen LogP contribution in [0.1, 0.15) is 45.2 Å². The molecule has 0 bridgehead atoms. The van der Waals surface area contributed by atoms with Crippen molar-refractivity contribution in [2.24, 2.45) is 0 Å². The largest absolute Gasteiger partial charge is 0.654 e. The molecule has 1 aliphatic carbocycles. The van der Waals surface area contributed by atoms with E-state index in [0.717, 1.165) is 13.0 Å². The maximum atomic E-state index is 4.73. The van der Waals surface area contributed by atoms with Crippen molar-refractivity contribution < 1.29 is 21.7 Å². The van der Waals surface area contributed by atoms with Gasteiger partial charge in [0.25, 0.3) is 0 Å². The third-order valence-corrected chi connectivity index (χ3v) is 3.13. The second kappa shape index (κ2) is 6.70. The Morgan fingerprint density at radius 1 is 1.16 bits per heavy atom. The Labute approximate surface area is 132 Å². The van der Waals surface area contributed by atoms with Crippen LogP contribution in [-0.4, -0.2) is 5.54 Å². The van der Waals surface area contributed by atoms with Crippen molar-refractivity contribution in [1.82, 2.24) is 0 Å². The summed E-state index contributed by atoms with van der Waals surface area (Å²) in [6.45, 7) is 9.41. The van der Waals surface area contributed by atoms with E-state index < -0.39 is 0 Å². The van der Waals surface area contributed by atoms with Crippen molar-refractivity contribution in [3.8, 4) is 0 Å². The van der Waals surface area contributed by atoms with Crippen LogP contribution in [0, 0.1) is 0 Å². The van der Waals surface area contributed by atoms with Gasteiger partial charge in [-0.2, -0.15) is 0 Å². The topological polar surface area (TPSA) is 14.1 Å². The summed E-state index contributed by atoms with van der Waals surface area (Å²) < 4.78 is 0. The zero-order chi connectivity index (χ0) is 13.2. The smallest absolute Gasteiger partial charge is 0 e. The minimum atomic E-state index is 0. The van der Waals surface area contributed by atoms with Crippen LogP contribution in [0.15, 0.2) is 42.0 Å². The molecule has 0 saturated heterocycles. The van der Waals surface area contributed by atoms with Crippen molar-refractivity contribution >= 4 is 5.57 Å². The molecule has 0 saturated carbocycles. The van der Waals surface area contributed by atoms with Crippen molar-refractivity contribution in [3.05, 3.63) is 58.4 Å². The normalized spacial score (nSPS) is 14.7. The second-order valence-electron chi connectivity index (χ2n) is 5.97. The van der Waals surface area contributed by atoms with E-state index in [0.29, 0.717) is 0 Å². The molecule has 1 aromatic rings. The van der Waals surface area contributed by atoms with Crippen LogP contribution < -0.4 is 0 Å². The van der Waals surface area contributed by atoms with Gasteiger partial charge in [0, 0.05) is 21.7 Å². The first-order valence-electron chi connectivity index (χ1n) is 6.60. The number of hydrogen-bond acceptors (Lipinski definition) is 0. The van der Waals surface area contributed by atoms with Crippen LogP contribution in [-0.2, 0) is 28.3 Å². The first kappa shape index (κ1) is 16.4. The Morgan fingerprint density at radius 2 is 1.84 bits per heavy atom. The van der Waals surface area contributed by atoms with Crippen molar-refractivity contribution in [1.29, 1.82) is 0 Å². The first-order valence-corrected chi connectivity index (χ1v) is 6.60. The fraction of sp³-hybridized carbons (Fsp3) is 0.412. The molecule has 0 amide bonds. The number of rotatable bonds is 3. The Balaban J connectivity index is 0.00000180. The molecule has 1 aromatic carbocycles. The molecule has 0 unspecified atom stereocenters. The summed E-state index contributed by atoms with van der Waals surface area (Å²) in [5.74, 6) is 0. The predicted molar refractivity (Wildman–Crippen MR) is 79.6 cm³/mol. The summed E-state index contributed by atoms with van der Waals surface area (Å²) in [4.78, 5) is 0. The number of allylic oxidation sites excluding steroid dienone is 4. The van der Waals surface area contributed by atoms with Crippen LogP contribution in [0.3, 0.4) is 0 Å². The minimum absolute atomic E-state index is 0. The van der Waals surface area contributed by atoms with Crippen molar-refractivity contribution in [3.63, 3.8) is 0 Å². The Bertz CT molecular complexity index is 492. The molecule has 0 fully saturated rings. The molecule has 2 heteroatoms. The van der Waals surface area contributed by atoms with E-state index in [1.807, 2.05) is 0 Å². The van der Waals surface area contributed by atoms with Gasteiger partial charge in [0.2, 0.25) is 0 Å². The fourth-order valence-corrected chi connectivity index (χ4v) is 2.15. The molecule has 19 heavy (non-hydrogen) atoms. The Kier molecular flexibility index (Phi) is 5.79. The van der Waals surface area contributed by atoms with Gasteiger partial charge in [-0.1, -0.05) is 68.3 Å². The van der Waals surface area contributed by atoms with Gasteiger partial charge in [0.1, 0.15) is 0 Å². The maximum Gasteiger partial charge on any atom is 0 e. The zero-order valence-electron chi connectivity index (χ0n) is 12.3. The molecule has 0 radical (unpaired) electrons. The van der Waals surface area contributed by atoms with Gasteiger partial charge < -0.3 is 5.32 Å². The summed E-state index contributed by atoms with van der Waals surface area (Å²) in [5, 5.41) is 4.73. The molecule has 0 heterocycles. The average molecular weight is 288 g/mol. The Hall–Kier alpha value is -0.626. The summed E-state index contributed by atoms with van der Waals surface area (Å²) in [7, 11) is 0. The monoisotopic (exact) mass is 288 g/mol. The van der Waals surface area contributed by atoms with Crippen LogP contribution in [0.5, 0.6) is 0 Å². The van der Waals surface area contributed by atoms with Gasteiger partial charge in [0.15, 0.2) is 0 Å². The van der Waals surface area contributed by atoms with E-state index in [2.05, 4.69) is 64.1 Å². The Morgan fingerprint density at radius 3 is 2.42 bits per heavy atom. The third kappa shape index (κ3) is 4.76. The van der Waals surface area contributed by atoms with Gasteiger partial charge in [-0.05, 0) is 24.5 Å². The molecule has 0 aromatic heterocycles. The van der Waals surface area contributed by atoms with E-state index in [4.69, 9.17) is 5.32 Å². The molecule has 0 spiro atoms. The van der Waals surface area contributed by atoms with Crippen molar-refractivity contribution in [2.75, 3.05) is 0 Å². The molecular formula is C17H22NTi-. The summed E-state index contributed by atoms with van der Waals surface area (Å²) in [6.07, 6.45) is 5.63. The molecule has 0 aliphatic heterocycles. The molecule has 0 atom stereocenters. The molecule has 2 rings (SSSR count). The van der Waals surface area contributed by atoms with Gasteiger partial charge in [-0.15, -0.1) is 12.1 Å². The molecule has 0 N–H and O–H groups in total. The fourth-order valence-electron chi connectivity index (χ4n) is 2.15. The van der Waals surface area contributed by atoms with Gasteiger partial charge >= 0.3 is 0 Å². The zero-order valence-corrected chi connectivity index (χ0v) is 13.9. The first-order chi connectivity index (χ1) is 8.46. The summed E-state index contributed by atoms with van der Waals surface area (Å²) in [6, 6.07) is 8.63. The van der Waals surface area contributed by atoms with Gasteiger partial charge in [0.05, 0.1) is 0 Å². The maximum absolute atomic E-state index is 4.73. The van der Waals surface area contributed by atoms with E-state index in [-0.39, 0.29) is 27.3 Å². The molecule has 1 aliphatic rings. The SMILES string of the molecule is CC1=CCC(c2ccccc2C[N-]C(C)(C)C)=C1.[Ti]. The average Bonchev–Trinajstić information content (AvgIpc) is 2.72. The van der Waals surface area contributed by atoms with Crippen LogP contribution >= 0.6 is 0 Å². The summed E-state index contributed by atoms with van der Waals surface area (Å²) in [5.41, 5.74) is 5.52. The standard InChI is InChI=1S/C17H22N.Ti/c1-13-9-10-14(11-13)16-8-6-5-7-15(16)12-18-17(2,3)4;/h5-9,11H,10,12H2,1-4H3;/q-1;. The van der Waals surface area contributed by atoms with Gasteiger partial charge in [-0.3, -0.25) is 0 Å². The number of nitrogens with zero attached hydrogens (tertiary/aromatic N) is 1. The van der Waals surface area contributed by atoms with E-state index in [9.17, 15) is 0 Å². The van der Waals surface area contributed by atoms with E-state index >= 15 is 0 Å². The van der Waals surface area contributed by atoms with E-state index in [1.165, 1.54) is 22.3 Å². The van der Waals surface area contributed by atoms with Gasteiger partial charge in [-0.25, -0.2) is 0 Å². The second-order valence-corrected chi connectivity index (χ2v) is 5.97. The van der Waals surface area contributed by atoms with Crippen molar-refractivity contribution in [2.45, 2.75) is 46.2 Å². The van der Waals surface area contributed by atoms with Crippen LogP contribution in [0.25, 0.3) is 10.9 Å². The third-order valence-electron chi connectivity index (χ3n) is 3.13. The molecule has 1 nitrogen and oxygen atoms in total. The quantitative estimate of drug-likeness (QED) is 0.688. The number of benzene rings is 1. The number of hydrogen-bond donors (Lipinski definition) is 0. The van der Waals surface area contributed by atoms with Crippen LogP contribution in [0.4, 0.5) is 0 Å². The van der Waals surface area contributed by atoms with E-state index in [1.54, 1.807) is 0 Å². The van der Waals surface area contributed by atoms with Crippen LogP contribution in [0.2, 0.25) is 0 Å². The minimum Gasteiger partial charge on any atom is -0.654 e. The molecular weight excluding hydrogens is 266 g/mol. The summed E-state index contributed by atoms with van der Waals surface area (Å²) >= 11 is 0. The molecule has 100 valence electrons.